The predicted molar refractivity (Wildman–Crippen MR) is 95.5 cm³/mol. The number of nitrogens with zero attached hydrogens (tertiary/aromatic N) is 2. The lowest BCUT2D eigenvalue weighted by Gasteiger charge is -2.06. The fourth-order valence-corrected chi connectivity index (χ4v) is 2.07. The molecule has 25 heavy (non-hydrogen) atoms. The molecule has 9 heteroatoms. The van der Waals surface area contributed by atoms with E-state index in [1.165, 1.54) is 18.2 Å². The van der Waals surface area contributed by atoms with Crippen LogP contribution in [0, 0.1) is 21.4 Å². The third-order valence-corrected chi connectivity index (χ3v) is 3.58. The number of benzene rings is 2. The largest absolute Gasteiger partial charge is 0.359 e. The number of non-ortho nitro benzene ring substituents is 1. The van der Waals surface area contributed by atoms with Gasteiger partial charge in [-0.25, -0.2) is 0 Å². The molecule has 0 aliphatic carbocycles. The smallest absolute Gasteiger partial charge is 0.271 e. The van der Waals surface area contributed by atoms with Crippen molar-refractivity contribution in [2.75, 3.05) is 10.6 Å². The molecular formula is C16H10Cl2N4O3. The Labute approximate surface area is 152 Å². The average Bonchev–Trinajstić information content (AvgIpc) is 2.58. The molecule has 0 aliphatic heterocycles. The number of rotatable bonds is 5. The molecule has 2 aromatic rings. The molecule has 0 saturated carbocycles. The van der Waals surface area contributed by atoms with Crippen molar-refractivity contribution in [1.29, 1.82) is 5.26 Å². The SMILES string of the molecule is N#C/C(=C/Nc1cc([N+](=O)[O-])ccc1Cl)C(=O)Nc1ccc(Cl)cc1. The first-order chi connectivity index (χ1) is 11.9. The van der Waals surface area contributed by atoms with Gasteiger partial charge in [-0.1, -0.05) is 23.2 Å². The van der Waals surface area contributed by atoms with E-state index in [2.05, 4.69) is 10.6 Å². The van der Waals surface area contributed by atoms with Crippen molar-refractivity contribution in [3.63, 3.8) is 0 Å². The van der Waals surface area contributed by atoms with Gasteiger partial charge in [-0.2, -0.15) is 5.26 Å². The number of nitro benzene ring substituents is 1. The molecule has 0 atom stereocenters. The quantitative estimate of drug-likeness (QED) is 0.348. The molecule has 0 spiro atoms. The molecule has 0 fully saturated rings. The minimum absolute atomic E-state index is 0.176. The zero-order chi connectivity index (χ0) is 18.4. The minimum atomic E-state index is -0.654. The molecule has 2 rings (SSSR count). The number of nitriles is 1. The summed E-state index contributed by atoms with van der Waals surface area (Å²) in [7, 11) is 0. The highest BCUT2D eigenvalue weighted by Gasteiger charge is 2.12. The zero-order valence-corrected chi connectivity index (χ0v) is 14.0. The highest BCUT2D eigenvalue weighted by Crippen LogP contribution is 2.26. The summed E-state index contributed by atoms with van der Waals surface area (Å²) in [6, 6.07) is 11.9. The lowest BCUT2D eigenvalue weighted by molar-refractivity contribution is -0.384. The fraction of sp³-hybridized carbons (Fsp3) is 0. The van der Waals surface area contributed by atoms with Crippen LogP contribution in [-0.4, -0.2) is 10.8 Å². The van der Waals surface area contributed by atoms with Crippen molar-refractivity contribution in [3.8, 4) is 6.07 Å². The van der Waals surface area contributed by atoms with Gasteiger partial charge in [0.05, 0.1) is 15.6 Å². The van der Waals surface area contributed by atoms with Crippen LogP contribution in [0.25, 0.3) is 0 Å². The summed E-state index contributed by atoms with van der Waals surface area (Å²) in [5.74, 6) is -0.654. The second-order valence-electron chi connectivity index (χ2n) is 4.70. The molecule has 1 amide bonds. The van der Waals surface area contributed by atoms with Crippen LogP contribution in [0.5, 0.6) is 0 Å². The van der Waals surface area contributed by atoms with Gasteiger partial charge in [0.1, 0.15) is 11.6 Å². The molecule has 0 saturated heterocycles. The summed E-state index contributed by atoms with van der Waals surface area (Å²) in [6.07, 6.45) is 1.12. The first-order valence-corrected chi connectivity index (χ1v) is 7.54. The van der Waals surface area contributed by atoms with Crippen molar-refractivity contribution in [2.24, 2.45) is 0 Å². The first-order valence-electron chi connectivity index (χ1n) is 6.78. The lowest BCUT2D eigenvalue weighted by Crippen LogP contribution is -2.14. The van der Waals surface area contributed by atoms with Crippen LogP contribution >= 0.6 is 23.2 Å². The van der Waals surface area contributed by atoms with Gasteiger partial charge in [-0.15, -0.1) is 0 Å². The summed E-state index contributed by atoms with van der Waals surface area (Å²) in [5.41, 5.74) is 0.244. The van der Waals surface area contributed by atoms with E-state index in [9.17, 15) is 14.9 Å². The Kier molecular flexibility index (Phi) is 5.95. The van der Waals surface area contributed by atoms with Crippen LogP contribution in [0.2, 0.25) is 10.0 Å². The van der Waals surface area contributed by atoms with E-state index in [1.54, 1.807) is 30.3 Å². The maximum absolute atomic E-state index is 12.1. The summed E-state index contributed by atoms with van der Waals surface area (Å²) in [5, 5.41) is 25.8. The van der Waals surface area contributed by atoms with Gasteiger partial charge in [-0.05, 0) is 30.3 Å². The predicted octanol–water partition coefficient (Wildman–Crippen LogP) is 4.36. The van der Waals surface area contributed by atoms with E-state index in [-0.39, 0.29) is 22.0 Å². The van der Waals surface area contributed by atoms with Crippen LogP contribution in [0.1, 0.15) is 0 Å². The molecule has 2 aromatic carbocycles. The van der Waals surface area contributed by atoms with Crippen molar-refractivity contribution in [3.05, 3.63) is 74.4 Å². The fourth-order valence-electron chi connectivity index (χ4n) is 1.77. The van der Waals surface area contributed by atoms with E-state index in [4.69, 9.17) is 28.5 Å². The normalized spacial score (nSPS) is 10.7. The third kappa shape index (κ3) is 4.94. The number of carbonyl (C=O) groups is 1. The number of carbonyl (C=O) groups excluding carboxylic acids is 1. The van der Waals surface area contributed by atoms with E-state index < -0.39 is 10.8 Å². The van der Waals surface area contributed by atoms with Crippen LogP contribution in [0.15, 0.2) is 54.2 Å². The van der Waals surface area contributed by atoms with Crippen LogP contribution in [-0.2, 0) is 4.79 Å². The molecule has 2 N–H and O–H groups in total. The average molecular weight is 377 g/mol. The molecule has 7 nitrogen and oxygen atoms in total. The van der Waals surface area contributed by atoms with E-state index in [1.807, 2.05) is 0 Å². The van der Waals surface area contributed by atoms with E-state index in [0.717, 1.165) is 6.20 Å². The summed E-state index contributed by atoms with van der Waals surface area (Å²) in [6.45, 7) is 0. The zero-order valence-electron chi connectivity index (χ0n) is 12.5. The summed E-state index contributed by atoms with van der Waals surface area (Å²) in [4.78, 5) is 22.3. The number of hydrogen-bond donors (Lipinski definition) is 2. The molecule has 0 aliphatic rings. The number of amides is 1. The summed E-state index contributed by atoms with van der Waals surface area (Å²) >= 11 is 11.7. The maximum Gasteiger partial charge on any atom is 0.271 e. The lowest BCUT2D eigenvalue weighted by atomic mass is 10.2. The molecule has 0 heterocycles. The van der Waals surface area contributed by atoms with Crippen molar-refractivity contribution >= 4 is 46.2 Å². The van der Waals surface area contributed by atoms with E-state index in [0.29, 0.717) is 10.7 Å². The molecule has 0 bridgehead atoms. The maximum atomic E-state index is 12.1. The highest BCUT2D eigenvalue weighted by molar-refractivity contribution is 6.33. The van der Waals surface area contributed by atoms with Gasteiger partial charge in [0.15, 0.2) is 0 Å². The van der Waals surface area contributed by atoms with Crippen molar-refractivity contribution in [2.45, 2.75) is 0 Å². The number of halogens is 2. The van der Waals surface area contributed by atoms with Crippen molar-refractivity contribution < 1.29 is 9.72 Å². The number of nitrogens with one attached hydrogen (secondary N) is 2. The Morgan fingerprint density at radius 2 is 1.88 bits per heavy atom. The number of hydrogen-bond acceptors (Lipinski definition) is 5. The second-order valence-corrected chi connectivity index (χ2v) is 5.54. The Balaban J connectivity index is 2.16. The van der Waals surface area contributed by atoms with Crippen LogP contribution in [0.3, 0.4) is 0 Å². The van der Waals surface area contributed by atoms with Gasteiger partial charge in [0.2, 0.25) is 0 Å². The Morgan fingerprint density at radius 1 is 1.20 bits per heavy atom. The minimum Gasteiger partial charge on any atom is -0.359 e. The third-order valence-electron chi connectivity index (χ3n) is 3.00. The number of nitro groups is 1. The highest BCUT2D eigenvalue weighted by atomic mass is 35.5. The topological polar surface area (TPSA) is 108 Å². The van der Waals surface area contributed by atoms with Gasteiger partial charge in [0.25, 0.3) is 11.6 Å². The first kappa shape index (κ1) is 18.3. The second kappa shape index (κ2) is 8.15. The molecule has 126 valence electrons. The molecule has 0 aromatic heterocycles. The van der Waals surface area contributed by atoms with Crippen molar-refractivity contribution in [1.82, 2.24) is 0 Å². The molecule has 0 unspecified atom stereocenters. The van der Waals surface area contributed by atoms with Gasteiger partial charge >= 0.3 is 0 Å². The Bertz CT molecular complexity index is 889. The molecular weight excluding hydrogens is 367 g/mol. The Morgan fingerprint density at radius 3 is 2.48 bits per heavy atom. The monoisotopic (exact) mass is 376 g/mol. The van der Waals surface area contributed by atoms with Gasteiger partial charge < -0.3 is 10.6 Å². The summed E-state index contributed by atoms with van der Waals surface area (Å²) < 4.78 is 0. The standard InChI is InChI=1S/C16H10Cl2N4O3/c17-11-1-3-12(4-2-11)21-16(23)10(8-19)9-20-15-7-13(22(24)25)5-6-14(15)18/h1-7,9,20H,(H,21,23)/b10-9-. The van der Waals surface area contributed by atoms with Gasteiger partial charge in [-0.3, -0.25) is 14.9 Å². The Hall–Kier alpha value is -3.08. The molecule has 0 radical (unpaired) electrons. The van der Waals surface area contributed by atoms with Crippen LogP contribution in [0.4, 0.5) is 17.1 Å². The van der Waals surface area contributed by atoms with Crippen LogP contribution < -0.4 is 10.6 Å². The van der Waals surface area contributed by atoms with Gasteiger partial charge in [0, 0.05) is 29.0 Å². The van der Waals surface area contributed by atoms with E-state index >= 15 is 0 Å². The number of anilines is 2.